The van der Waals surface area contributed by atoms with Gasteiger partial charge in [0.1, 0.15) is 5.82 Å². The van der Waals surface area contributed by atoms with E-state index in [1.807, 2.05) is 6.92 Å². The zero-order valence-corrected chi connectivity index (χ0v) is 10.4. The van der Waals surface area contributed by atoms with E-state index in [9.17, 15) is 4.39 Å². The predicted molar refractivity (Wildman–Crippen MR) is 70.8 cm³/mol. The maximum absolute atomic E-state index is 13.0. The van der Waals surface area contributed by atoms with E-state index in [0.29, 0.717) is 31.4 Å². The molecule has 0 heterocycles. The van der Waals surface area contributed by atoms with Crippen LogP contribution in [0.25, 0.3) is 0 Å². The minimum Gasteiger partial charge on any atom is -0.382 e. The number of benzene rings is 1. The van der Waals surface area contributed by atoms with Gasteiger partial charge in [-0.05, 0) is 31.5 Å². The number of halogens is 1. The summed E-state index contributed by atoms with van der Waals surface area (Å²) in [6.45, 7) is 3.90. The number of ether oxygens (including phenoxy) is 1. The van der Waals surface area contributed by atoms with Gasteiger partial charge in [-0.3, -0.25) is 10.4 Å². The van der Waals surface area contributed by atoms with Gasteiger partial charge in [-0.2, -0.15) is 0 Å². The van der Waals surface area contributed by atoms with Gasteiger partial charge >= 0.3 is 0 Å². The highest BCUT2D eigenvalue weighted by atomic mass is 19.1. The molecule has 0 aliphatic rings. The van der Waals surface area contributed by atoms with Crippen molar-refractivity contribution in [3.05, 3.63) is 30.1 Å². The Bertz CT molecular complexity index is 384. The maximum Gasteiger partial charge on any atom is 0.210 e. The first-order valence-corrected chi connectivity index (χ1v) is 5.87. The quantitative estimate of drug-likeness (QED) is 0.236. The Morgan fingerprint density at radius 3 is 3.00 bits per heavy atom. The lowest BCUT2D eigenvalue weighted by atomic mass is 10.3. The van der Waals surface area contributed by atoms with Gasteiger partial charge in [0.25, 0.3) is 0 Å². The van der Waals surface area contributed by atoms with Gasteiger partial charge < -0.3 is 10.1 Å². The molecule has 18 heavy (non-hydrogen) atoms. The summed E-state index contributed by atoms with van der Waals surface area (Å²) in [5, 5.41) is 2.89. The summed E-state index contributed by atoms with van der Waals surface area (Å²) in [6.07, 6.45) is 0.809. The molecule has 0 spiro atoms. The normalized spacial score (nSPS) is 11.4. The molecule has 0 unspecified atom stereocenters. The second-order valence-electron chi connectivity index (χ2n) is 3.56. The summed E-state index contributed by atoms with van der Waals surface area (Å²) in [6, 6.07) is 6.09. The molecule has 0 aliphatic carbocycles. The molecule has 0 saturated heterocycles. The van der Waals surface area contributed by atoms with Crippen LogP contribution in [0.2, 0.25) is 0 Å². The van der Waals surface area contributed by atoms with Crippen LogP contribution in [0.4, 0.5) is 10.1 Å². The molecule has 100 valence electrons. The van der Waals surface area contributed by atoms with Gasteiger partial charge in [0.15, 0.2) is 0 Å². The van der Waals surface area contributed by atoms with Crippen LogP contribution < -0.4 is 16.6 Å². The molecule has 4 N–H and O–H groups in total. The lowest BCUT2D eigenvalue weighted by molar-refractivity contribution is 0.146. The number of guanidine groups is 1. The minimum atomic E-state index is -0.312. The number of rotatable bonds is 6. The fraction of sp³-hybridized carbons (Fsp3) is 0.417. The summed E-state index contributed by atoms with van der Waals surface area (Å²) in [5.74, 6) is 5.42. The third-order valence-electron chi connectivity index (χ3n) is 2.14. The molecular weight excluding hydrogens is 235 g/mol. The molecule has 0 atom stereocenters. The largest absolute Gasteiger partial charge is 0.382 e. The van der Waals surface area contributed by atoms with E-state index in [2.05, 4.69) is 15.7 Å². The summed E-state index contributed by atoms with van der Waals surface area (Å²) in [4.78, 5) is 4.21. The Morgan fingerprint density at radius 2 is 2.33 bits per heavy atom. The summed E-state index contributed by atoms with van der Waals surface area (Å²) in [5.41, 5.74) is 3.03. The standard InChI is InChI=1S/C12H19FN4O/c1-2-18-8-4-7-15-12(17-14)16-11-6-3-5-10(13)9-11/h3,5-6,9H,2,4,7-8,14H2,1H3,(H2,15,16,17). The fourth-order valence-corrected chi connectivity index (χ4v) is 1.33. The maximum atomic E-state index is 13.0. The predicted octanol–water partition coefficient (Wildman–Crippen LogP) is 1.48. The van der Waals surface area contributed by atoms with E-state index in [-0.39, 0.29) is 5.82 Å². The summed E-state index contributed by atoms with van der Waals surface area (Å²) in [7, 11) is 0. The van der Waals surface area contributed by atoms with Crippen molar-refractivity contribution in [3.8, 4) is 0 Å². The van der Waals surface area contributed by atoms with Crippen molar-refractivity contribution in [2.45, 2.75) is 13.3 Å². The fourth-order valence-electron chi connectivity index (χ4n) is 1.33. The second kappa shape index (κ2) is 8.43. The summed E-state index contributed by atoms with van der Waals surface area (Å²) < 4.78 is 18.2. The van der Waals surface area contributed by atoms with E-state index in [1.165, 1.54) is 12.1 Å². The zero-order valence-electron chi connectivity index (χ0n) is 10.4. The first-order chi connectivity index (χ1) is 8.76. The first-order valence-electron chi connectivity index (χ1n) is 5.87. The lowest BCUT2D eigenvalue weighted by Gasteiger charge is -2.09. The Morgan fingerprint density at radius 1 is 1.50 bits per heavy atom. The molecular formula is C12H19FN4O. The van der Waals surface area contributed by atoms with Crippen molar-refractivity contribution >= 4 is 11.6 Å². The van der Waals surface area contributed by atoms with Crippen molar-refractivity contribution in [2.24, 2.45) is 10.8 Å². The Kier molecular flexibility index (Phi) is 6.75. The molecule has 1 aromatic rings. The highest BCUT2D eigenvalue weighted by Crippen LogP contribution is 2.08. The molecule has 0 aromatic heterocycles. The lowest BCUT2D eigenvalue weighted by Crippen LogP contribution is -2.36. The van der Waals surface area contributed by atoms with Crippen LogP contribution in [0.15, 0.2) is 29.3 Å². The number of anilines is 1. The Labute approximate surface area is 106 Å². The SMILES string of the molecule is CCOCCCN=C(NN)Nc1cccc(F)c1. The van der Waals surface area contributed by atoms with Gasteiger partial charge in [-0.15, -0.1) is 0 Å². The van der Waals surface area contributed by atoms with E-state index >= 15 is 0 Å². The van der Waals surface area contributed by atoms with Crippen LogP contribution in [0.3, 0.4) is 0 Å². The number of nitrogens with zero attached hydrogens (tertiary/aromatic N) is 1. The number of aliphatic imine (C=N–C) groups is 1. The molecule has 0 aliphatic heterocycles. The van der Waals surface area contributed by atoms with Gasteiger partial charge in [0.05, 0.1) is 0 Å². The number of hydrazine groups is 1. The monoisotopic (exact) mass is 254 g/mol. The average molecular weight is 254 g/mol. The third kappa shape index (κ3) is 5.60. The van der Waals surface area contributed by atoms with Gasteiger partial charge in [-0.25, -0.2) is 10.2 Å². The Balaban J connectivity index is 2.43. The van der Waals surface area contributed by atoms with Gasteiger partial charge in [0, 0.05) is 25.4 Å². The number of hydrogen-bond donors (Lipinski definition) is 3. The minimum absolute atomic E-state index is 0.312. The summed E-state index contributed by atoms with van der Waals surface area (Å²) >= 11 is 0. The molecule has 5 nitrogen and oxygen atoms in total. The second-order valence-corrected chi connectivity index (χ2v) is 3.56. The highest BCUT2D eigenvalue weighted by Gasteiger charge is 1.98. The van der Waals surface area contributed by atoms with Crippen LogP contribution in [-0.4, -0.2) is 25.7 Å². The molecule has 1 rings (SSSR count). The zero-order chi connectivity index (χ0) is 13.2. The number of nitrogens with one attached hydrogen (secondary N) is 2. The molecule has 0 bridgehead atoms. The highest BCUT2D eigenvalue weighted by molar-refractivity contribution is 5.93. The van der Waals surface area contributed by atoms with Crippen LogP contribution in [-0.2, 0) is 4.74 Å². The van der Waals surface area contributed by atoms with Crippen LogP contribution in [0.5, 0.6) is 0 Å². The van der Waals surface area contributed by atoms with Gasteiger partial charge in [0.2, 0.25) is 5.96 Å². The molecule has 6 heteroatoms. The molecule has 0 radical (unpaired) electrons. The van der Waals surface area contributed by atoms with Crippen LogP contribution >= 0.6 is 0 Å². The third-order valence-corrected chi connectivity index (χ3v) is 2.14. The van der Waals surface area contributed by atoms with Crippen LogP contribution in [0, 0.1) is 5.82 Å². The van der Waals surface area contributed by atoms with E-state index < -0.39 is 0 Å². The van der Waals surface area contributed by atoms with Crippen LogP contribution in [0.1, 0.15) is 13.3 Å². The van der Waals surface area contributed by atoms with Crippen molar-refractivity contribution in [1.82, 2.24) is 5.43 Å². The topological polar surface area (TPSA) is 71.7 Å². The molecule has 0 fully saturated rings. The average Bonchev–Trinajstić information content (AvgIpc) is 2.37. The van der Waals surface area contributed by atoms with Gasteiger partial charge in [-0.1, -0.05) is 6.07 Å². The van der Waals surface area contributed by atoms with Crippen molar-refractivity contribution in [3.63, 3.8) is 0 Å². The van der Waals surface area contributed by atoms with E-state index in [0.717, 1.165) is 6.42 Å². The van der Waals surface area contributed by atoms with E-state index in [1.54, 1.807) is 12.1 Å². The van der Waals surface area contributed by atoms with Crippen molar-refractivity contribution in [1.29, 1.82) is 0 Å². The van der Waals surface area contributed by atoms with E-state index in [4.69, 9.17) is 10.6 Å². The first kappa shape index (κ1) is 14.4. The molecule has 0 saturated carbocycles. The van der Waals surface area contributed by atoms with Crippen molar-refractivity contribution < 1.29 is 9.13 Å². The molecule has 0 amide bonds. The molecule has 1 aromatic carbocycles. The smallest absolute Gasteiger partial charge is 0.210 e. The number of nitrogens with two attached hydrogens (primary N) is 1. The Hall–Kier alpha value is -1.66. The number of hydrogen-bond acceptors (Lipinski definition) is 3. The van der Waals surface area contributed by atoms with Crippen molar-refractivity contribution in [2.75, 3.05) is 25.1 Å².